The Balaban J connectivity index is 1.77. The molecular weight excluding hydrogens is 364 g/mol. The van der Waals surface area contributed by atoms with Crippen LogP contribution in [0, 0.1) is 5.92 Å². The van der Waals surface area contributed by atoms with Crippen LogP contribution in [-0.2, 0) is 10.0 Å². The van der Waals surface area contributed by atoms with E-state index < -0.39 is 16.1 Å². The Bertz CT molecular complexity index is 686. The number of aliphatic hydroxyl groups excluding tert-OH is 1. The molecule has 0 saturated carbocycles. The average molecular weight is 397 g/mol. The molecule has 152 valence electrons. The summed E-state index contributed by atoms with van der Waals surface area (Å²) in [6.45, 7) is 5.22. The molecule has 1 atom stereocenters. The Morgan fingerprint density at radius 2 is 1.93 bits per heavy atom. The third kappa shape index (κ3) is 7.48. The molecule has 1 aromatic carbocycles. The normalized spacial score (nSPS) is 18.3. The lowest BCUT2D eigenvalue weighted by atomic mass is 9.98. The third-order valence-electron chi connectivity index (χ3n) is 4.79. The van der Waals surface area contributed by atoms with Crippen LogP contribution in [0.3, 0.4) is 0 Å². The highest BCUT2D eigenvalue weighted by Gasteiger charge is 2.24. The van der Waals surface area contributed by atoms with E-state index in [2.05, 4.69) is 15.6 Å². The predicted octanol–water partition coefficient (Wildman–Crippen LogP) is 1.34. The van der Waals surface area contributed by atoms with Crippen molar-refractivity contribution in [1.29, 1.82) is 0 Å². The van der Waals surface area contributed by atoms with Crippen molar-refractivity contribution in [1.82, 2.24) is 14.9 Å². The molecule has 1 aliphatic heterocycles. The van der Waals surface area contributed by atoms with Crippen molar-refractivity contribution in [2.24, 2.45) is 10.9 Å². The second-order valence-electron chi connectivity index (χ2n) is 6.97. The molecule has 3 N–H and O–H groups in total. The highest BCUT2D eigenvalue weighted by Crippen LogP contribution is 2.19. The van der Waals surface area contributed by atoms with Crippen LogP contribution in [0.25, 0.3) is 0 Å². The standard InChI is InChI=1S/C19H32N4O3S/c1-3-20-19(21-12-9-18(24)17-7-5-4-6-8-17)22-15-16-10-13-23(14-11-16)27(2,25)26/h4-8,16,18,24H,3,9-15H2,1-2H3,(H2,20,21,22). The fourth-order valence-corrected chi connectivity index (χ4v) is 4.03. The molecule has 1 saturated heterocycles. The predicted molar refractivity (Wildman–Crippen MR) is 109 cm³/mol. The Hall–Kier alpha value is -1.64. The van der Waals surface area contributed by atoms with Gasteiger partial charge in [0.25, 0.3) is 0 Å². The van der Waals surface area contributed by atoms with Gasteiger partial charge in [0.05, 0.1) is 12.4 Å². The van der Waals surface area contributed by atoms with E-state index >= 15 is 0 Å². The number of guanidine groups is 1. The summed E-state index contributed by atoms with van der Waals surface area (Å²) in [5.41, 5.74) is 0.916. The molecule has 0 spiro atoms. The van der Waals surface area contributed by atoms with Crippen LogP contribution in [0.1, 0.15) is 37.9 Å². The first-order valence-electron chi connectivity index (χ1n) is 9.60. The fraction of sp³-hybridized carbons (Fsp3) is 0.632. The second-order valence-corrected chi connectivity index (χ2v) is 8.95. The molecule has 8 heteroatoms. The van der Waals surface area contributed by atoms with Gasteiger partial charge in [0.2, 0.25) is 10.0 Å². The zero-order chi connectivity index (χ0) is 19.7. The average Bonchev–Trinajstić information content (AvgIpc) is 2.66. The number of hydrogen-bond acceptors (Lipinski definition) is 4. The van der Waals surface area contributed by atoms with Gasteiger partial charge in [-0.25, -0.2) is 12.7 Å². The summed E-state index contributed by atoms with van der Waals surface area (Å²) in [6.07, 6.45) is 3.04. The van der Waals surface area contributed by atoms with E-state index in [0.29, 0.717) is 38.5 Å². The number of aliphatic hydroxyl groups is 1. The first kappa shape index (κ1) is 21.7. The number of sulfonamides is 1. The first-order chi connectivity index (χ1) is 12.9. The molecule has 0 aliphatic carbocycles. The number of aliphatic imine (C=N–C) groups is 1. The van der Waals surface area contributed by atoms with Gasteiger partial charge < -0.3 is 15.7 Å². The van der Waals surface area contributed by atoms with Crippen molar-refractivity contribution >= 4 is 16.0 Å². The summed E-state index contributed by atoms with van der Waals surface area (Å²) < 4.78 is 24.7. The molecule has 1 heterocycles. The Morgan fingerprint density at radius 3 is 2.52 bits per heavy atom. The van der Waals surface area contributed by atoms with Crippen molar-refractivity contribution in [3.05, 3.63) is 35.9 Å². The maximum atomic E-state index is 11.6. The molecule has 2 rings (SSSR count). The van der Waals surface area contributed by atoms with E-state index in [1.165, 1.54) is 6.26 Å². The van der Waals surface area contributed by atoms with Gasteiger partial charge in [0, 0.05) is 32.7 Å². The molecular formula is C19H32N4O3S. The number of nitrogens with one attached hydrogen (secondary N) is 2. The second kappa shape index (κ2) is 10.6. The topological polar surface area (TPSA) is 94.0 Å². The van der Waals surface area contributed by atoms with Crippen molar-refractivity contribution < 1.29 is 13.5 Å². The SMILES string of the molecule is CCNC(=NCC1CCN(S(C)(=O)=O)CC1)NCCC(O)c1ccccc1. The minimum absolute atomic E-state index is 0.397. The van der Waals surface area contributed by atoms with Gasteiger partial charge in [-0.15, -0.1) is 0 Å². The maximum Gasteiger partial charge on any atom is 0.211 e. The third-order valence-corrected chi connectivity index (χ3v) is 6.09. The first-order valence-corrected chi connectivity index (χ1v) is 11.4. The Kier molecular flexibility index (Phi) is 8.53. The number of nitrogens with zero attached hydrogens (tertiary/aromatic N) is 2. The molecule has 1 aromatic rings. The summed E-state index contributed by atoms with van der Waals surface area (Å²) in [5, 5.41) is 16.7. The summed E-state index contributed by atoms with van der Waals surface area (Å²) in [7, 11) is -3.08. The van der Waals surface area contributed by atoms with Crippen LogP contribution in [0.5, 0.6) is 0 Å². The van der Waals surface area contributed by atoms with Gasteiger partial charge in [-0.3, -0.25) is 4.99 Å². The lowest BCUT2D eigenvalue weighted by molar-refractivity contribution is 0.168. The number of hydrogen-bond donors (Lipinski definition) is 3. The van der Waals surface area contributed by atoms with Crippen molar-refractivity contribution in [2.45, 2.75) is 32.3 Å². The summed E-state index contributed by atoms with van der Waals surface area (Å²) >= 11 is 0. The quantitative estimate of drug-likeness (QED) is 0.455. The van der Waals surface area contributed by atoms with Crippen molar-refractivity contribution in [3.63, 3.8) is 0 Å². The van der Waals surface area contributed by atoms with E-state index in [1.54, 1.807) is 4.31 Å². The van der Waals surface area contributed by atoms with Crippen LogP contribution in [-0.4, -0.2) is 62.8 Å². The van der Waals surface area contributed by atoms with E-state index in [1.807, 2.05) is 37.3 Å². The lowest BCUT2D eigenvalue weighted by Gasteiger charge is -2.29. The Labute approximate surface area is 162 Å². The van der Waals surface area contributed by atoms with E-state index in [0.717, 1.165) is 30.9 Å². The number of piperidine rings is 1. The van der Waals surface area contributed by atoms with Gasteiger partial charge >= 0.3 is 0 Å². The zero-order valence-electron chi connectivity index (χ0n) is 16.3. The number of benzene rings is 1. The van der Waals surface area contributed by atoms with Gasteiger partial charge in [0.15, 0.2) is 5.96 Å². The highest BCUT2D eigenvalue weighted by atomic mass is 32.2. The maximum absolute atomic E-state index is 11.6. The Morgan fingerprint density at radius 1 is 1.26 bits per heavy atom. The van der Waals surface area contributed by atoms with E-state index in [9.17, 15) is 13.5 Å². The van der Waals surface area contributed by atoms with E-state index in [4.69, 9.17) is 0 Å². The lowest BCUT2D eigenvalue weighted by Crippen LogP contribution is -2.40. The van der Waals surface area contributed by atoms with Gasteiger partial charge in [0.1, 0.15) is 0 Å². The molecule has 0 bridgehead atoms. The molecule has 1 unspecified atom stereocenters. The van der Waals surface area contributed by atoms with Gasteiger partial charge in [-0.2, -0.15) is 0 Å². The molecule has 27 heavy (non-hydrogen) atoms. The zero-order valence-corrected chi connectivity index (χ0v) is 17.1. The molecule has 7 nitrogen and oxygen atoms in total. The largest absolute Gasteiger partial charge is 0.388 e. The number of rotatable bonds is 8. The van der Waals surface area contributed by atoms with Gasteiger partial charge in [-0.1, -0.05) is 30.3 Å². The van der Waals surface area contributed by atoms with Gasteiger partial charge in [-0.05, 0) is 37.7 Å². The molecule has 0 amide bonds. The minimum Gasteiger partial charge on any atom is -0.388 e. The van der Waals surface area contributed by atoms with E-state index in [-0.39, 0.29) is 0 Å². The highest BCUT2D eigenvalue weighted by molar-refractivity contribution is 7.88. The summed E-state index contributed by atoms with van der Waals surface area (Å²) in [5.74, 6) is 1.14. The van der Waals surface area contributed by atoms with Crippen LogP contribution < -0.4 is 10.6 Å². The van der Waals surface area contributed by atoms with Crippen molar-refractivity contribution in [3.8, 4) is 0 Å². The monoisotopic (exact) mass is 396 g/mol. The molecule has 1 fully saturated rings. The van der Waals surface area contributed by atoms with Crippen LogP contribution in [0.15, 0.2) is 35.3 Å². The molecule has 0 radical (unpaired) electrons. The molecule has 0 aromatic heterocycles. The summed E-state index contributed by atoms with van der Waals surface area (Å²) in [6, 6.07) is 9.63. The minimum atomic E-state index is -3.08. The molecule has 1 aliphatic rings. The van der Waals surface area contributed by atoms with Crippen LogP contribution >= 0.6 is 0 Å². The smallest absolute Gasteiger partial charge is 0.211 e. The summed E-state index contributed by atoms with van der Waals surface area (Å²) in [4.78, 5) is 4.64. The van der Waals surface area contributed by atoms with Crippen LogP contribution in [0.4, 0.5) is 0 Å². The van der Waals surface area contributed by atoms with Crippen LogP contribution in [0.2, 0.25) is 0 Å². The van der Waals surface area contributed by atoms with Crippen molar-refractivity contribution in [2.75, 3.05) is 39.0 Å². The fourth-order valence-electron chi connectivity index (χ4n) is 3.15.